The normalized spacial score (nSPS) is 11.2. The topological polar surface area (TPSA) is 108 Å². The van der Waals surface area contributed by atoms with Gasteiger partial charge in [-0.2, -0.15) is 0 Å². The molecular weight excluding hydrogens is 441 g/mol. The Morgan fingerprint density at radius 1 is 0.966 bits per heavy atom. The predicted molar refractivity (Wildman–Crippen MR) is 111 cm³/mol. The molecule has 0 fully saturated rings. The summed E-state index contributed by atoms with van der Waals surface area (Å²) in [5.74, 6) is 2.00. The molecule has 1 heterocycles. The molecule has 0 atom stereocenters. The van der Waals surface area contributed by atoms with E-state index in [4.69, 9.17) is 24.7 Å². The van der Waals surface area contributed by atoms with Crippen molar-refractivity contribution in [3.05, 3.63) is 45.4 Å². The van der Waals surface area contributed by atoms with Gasteiger partial charge in [-0.05, 0) is 0 Å². The number of nitrogen functional groups attached to an aromatic ring is 1. The molecule has 29 heavy (non-hydrogen) atoms. The summed E-state index contributed by atoms with van der Waals surface area (Å²) in [5, 5.41) is 13.2. The Bertz CT molecular complexity index is 1020. The SMILES string of the molecule is COc1ccc(-c2c[se]c(/C(=N\O)c3cc(OC)c(OC)c(OC)c3)n2)cc1N. The second kappa shape index (κ2) is 8.89. The van der Waals surface area contributed by atoms with E-state index in [2.05, 4.69) is 10.1 Å². The Kier molecular flexibility index (Phi) is 6.31. The maximum absolute atomic E-state index is 9.71. The molecule has 0 aliphatic rings. The van der Waals surface area contributed by atoms with E-state index in [1.807, 2.05) is 17.1 Å². The number of anilines is 1. The summed E-state index contributed by atoms with van der Waals surface area (Å²) in [5.41, 5.74) is 9.11. The van der Waals surface area contributed by atoms with Crippen LogP contribution >= 0.6 is 0 Å². The second-order valence-corrected chi connectivity index (χ2v) is 7.66. The van der Waals surface area contributed by atoms with Crippen molar-refractivity contribution in [1.29, 1.82) is 0 Å². The predicted octanol–water partition coefficient (Wildman–Crippen LogP) is 2.65. The molecule has 0 radical (unpaired) electrons. The molecule has 0 amide bonds. The summed E-state index contributed by atoms with van der Waals surface area (Å²) in [6.45, 7) is 0. The molecule has 0 saturated carbocycles. The Hall–Kier alpha value is -3.16. The summed E-state index contributed by atoms with van der Waals surface area (Å²) in [7, 11) is 6.16. The molecule has 152 valence electrons. The van der Waals surface area contributed by atoms with E-state index in [1.165, 1.54) is 21.3 Å². The van der Waals surface area contributed by atoms with E-state index in [0.29, 0.717) is 44.5 Å². The van der Waals surface area contributed by atoms with Crippen molar-refractivity contribution in [2.24, 2.45) is 5.16 Å². The number of oxime groups is 1. The van der Waals surface area contributed by atoms with Crippen LogP contribution in [0.15, 0.2) is 40.4 Å². The second-order valence-electron chi connectivity index (χ2n) is 5.86. The average Bonchev–Trinajstić information content (AvgIpc) is 3.23. The van der Waals surface area contributed by atoms with E-state index in [0.717, 1.165) is 11.3 Å². The molecule has 9 heteroatoms. The van der Waals surface area contributed by atoms with Crippen LogP contribution < -0.4 is 24.7 Å². The molecule has 0 unspecified atom stereocenters. The monoisotopic (exact) mass is 463 g/mol. The third-order valence-electron chi connectivity index (χ3n) is 4.27. The van der Waals surface area contributed by atoms with Gasteiger partial charge in [-0.15, -0.1) is 0 Å². The molecule has 0 saturated heterocycles. The molecule has 3 aromatic rings. The first kappa shape index (κ1) is 20.6. The van der Waals surface area contributed by atoms with Crippen molar-refractivity contribution >= 4 is 25.9 Å². The average molecular weight is 462 g/mol. The third kappa shape index (κ3) is 4.01. The van der Waals surface area contributed by atoms with Crippen LogP contribution in [0.4, 0.5) is 5.69 Å². The van der Waals surface area contributed by atoms with Gasteiger partial charge in [-0.1, -0.05) is 0 Å². The first-order chi connectivity index (χ1) is 14.1. The van der Waals surface area contributed by atoms with E-state index >= 15 is 0 Å². The van der Waals surface area contributed by atoms with Crippen LogP contribution in [0, 0.1) is 0 Å². The Morgan fingerprint density at radius 3 is 2.14 bits per heavy atom. The first-order valence-corrected chi connectivity index (χ1v) is 10.3. The van der Waals surface area contributed by atoms with Crippen LogP contribution in [0.2, 0.25) is 0 Å². The number of methoxy groups -OCH3 is 4. The molecule has 2 aromatic carbocycles. The molecule has 3 rings (SSSR count). The van der Waals surface area contributed by atoms with Crippen molar-refractivity contribution in [2.75, 3.05) is 34.2 Å². The fourth-order valence-corrected chi connectivity index (χ4v) is 4.60. The van der Waals surface area contributed by atoms with Gasteiger partial charge in [0.1, 0.15) is 0 Å². The zero-order chi connectivity index (χ0) is 21.0. The molecular formula is C20H21N3O5Se. The van der Waals surface area contributed by atoms with Gasteiger partial charge in [0.05, 0.1) is 0 Å². The molecule has 1 aromatic heterocycles. The summed E-state index contributed by atoms with van der Waals surface area (Å²) in [6.07, 6.45) is 0. The van der Waals surface area contributed by atoms with Crippen molar-refractivity contribution in [1.82, 2.24) is 4.98 Å². The van der Waals surface area contributed by atoms with E-state index < -0.39 is 0 Å². The molecule has 0 aliphatic heterocycles. The van der Waals surface area contributed by atoms with Crippen LogP contribution in [0.25, 0.3) is 11.3 Å². The van der Waals surface area contributed by atoms with Crippen LogP contribution in [0.5, 0.6) is 23.0 Å². The van der Waals surface area contributed by atoms with Crippen molar-refractivity contribution < 1.29 is 24.2 Å². The number of benzene rings is 2. The standard InChI is InChI=1S/C20H21N3O5Se/c1-25-15-6-5-11(7-13(15)21)14-10-29-20(22-14)18(23-24)12-8-16(26-2)19(28-4)17(9-12)27-3/h5-10,24H,21H2,1-4H3/b23-18-. The van der Waals surface area contributed by atoms with E-state index in [1.54, 1.807) is 25.3 Å². The van der Waals surface area contributed by atoms with Crippen LogP contribution in [0.1, 0.15) is 10.1 Å². The van der Waals surface area contributed by atoms with Gasteiger partial charge in [-0.3, -0.25) is 0 Å². The molecule has 8 nitrogen and oxygen atoms in total. The number of hydrogen-bond acceptors (Lipinski definition) is 8. The van der Waals surface area contributed by atoms with Crippen LogP contribution in [0.3, 0.4) is 0 Å². The van der Waals surface area contributed by atoms with Gasteiger partial charge >= 0.3 is 174 Å². The summed E-state index contributed by atoms with van der Waals surface area (Å²) in [6, 6.07) is 8.93. The molecule has 0 aliphatic carbocycles. The minimum absolute atomic E-state index is 0.133. The quantitative estimate of drug-likeness (QED) is 0.183. The number of nitrogens with zero attached hydrogens (tertiary/aromatic N) is 2. The molecule has 0 bridgehead atoms. The van der Waals surface area contributed by atoms with Gasteiger partial charge in [0.25, 0.3) is 0 Å². The van der Waals surface area contributed by atoms with Gasteiger partial charge in [0, 0.05) is 0 Å². The van der Waals surface area contributed by atoms with Crippen LogP contribution in [-0.4, -0.2) is 58.8 Å². The summed E-state index contributed by atoms with van der Waals surface area (Å²) < 4.78 is 22.0. The number of aromatic nitrogens is 1. The zero-order valence-electron chi connectivity index (χ0n) is 16.4. The zero-order valence-corrected chi connectivity index (χ0v) is 18.1. The minimum atomic E-state index is -0.133. The van der Waals surface area contributed by atoms with E-state index in [9.17, 15) is 5.21 Å². The number of nitrogens with two attached hydrogens (primary N) is 1. The van der Waals surface area contributed by atoms with Crippen molar-refractivity contribution in [3.8, 4) is 34.3 Å². The third-order valence-corrected chi connectivity index (χ3v) is 6.05. The Balaban J connectivity index is 2.02. The number of hydrogen-bond donors (Lipinski definition) is 2. The fraction of sp³-hybridized carbons (Fsp3) is 0.200. The van der Waals surface area contributed by atoms with Crippen molar-refractivity contribution in [3.63, 3.8) is 0 Å². The summed E-state index contributed by atoms with van der Waals surface area (Å²) >= 11 is -0.133. The fourth-order valence-electron chi connectivity index (χ4n) is 2.85. The summed E-state index contributed by atoms with van der Waals surface area (Å²) in [4.78, 5) is 6.67. The molecule has 3 N–H and O–H groups in total. The Labute approximate surface area is 174 Å². The first-order valence-electron chi connectivity index (χ1n) is 8.48. The van der Waals surface area contributed by atoms with E-state index in [-0.39, 0.29) is 14.5 Å². The van der Waals surface area contributed by atoms with Gasteiger partial charge in [0.15, 0.2) is 0 Å². The Morgan fingerprint density at radius 2 is 1.62 bits per heavy atom. The number of ether oxygens (including phenoxy) is 4. The molecule has 0 spiro atoms. The van der Waals surface area contributed by atoms with Gasteiger partial charge < -0.3 is 0 Å². The number of rotatable bonds is 7. The van der Waals surface area contributed by atoms with Gasteiger partial charge in [0.2, 0.25) is 0 Å². The van der Waals surface area contributed by atoms with Crippen LogP contribution in [-0.2, 0) is 0 Å². The van der Waals surface area contributed by atoms with Gasteiger partial charge in [-0.25, -0.2) is 0 Å². The maximum atomic E-state index is 9.71. The van der Waals surface area contributed by atoms with Crippen molar-refractivity contribution in [2.45, 2.75) is 0 Å².